The van der Waals surface area contributed by atoms with Gasteiger partial charge in [0.1, 0.15) is 5.02 Å². The number of nitrogens with one attached hydrogen (secondary N) is 1. The van der Waals surface area contributed by atoms with Crippen LogP contribution in [0.1, 0.15) is 15.9 Å². The lowest BCUT2D eigenvalue weighted by Crippen LogP contribution is -2.26. The van der Waals surface area contributed by atoms with Crippen molar-refractivity contribution in [1.82, 2.24) is 9.88 Å². The predicted molar refractivity (Wildman–Crippen MR) is 79.3 cm³/mol. The molecule has 4 nitrogen and oxygen atoms in total. The second-order valence-corrected chi connectivity index (χ2v) is 5.15. The summed E-state index contributed by atoms with van der Waals surface area (Å²) in [5.74, 6) is -0.294. The molecule has 104 valence electrons. The Balaban J connectivity index is 2.09. The predicted octanol–water partition coefficient (Wildman–Crippen LogP) is 2.62. The largest absolute Gasteiger partial charge is 0.348 e. The van der Waals surface area contributed by atoms with Crippen LogP contribution in [0.25, 0.3) is 0 Å². The van der Waals surface area contributed by atoms with Crippen molar-refractivity contribution in [2.45, 2.75) is 6.54 Å². The highest BCUT2D eigenvalue weighted by molar-refractivity contribution is 6.31. The average molecular weight is 311 g/mol. The van der Waals surface area contributed by atoms with Crippen LogP contribution in [0.5, 0.6) is 0 Å². The minimum Gasteiger partial charge on any atom is -0.348 e. The van der Waals surface area contributed by atoms with Crippen LogP contribution in [0.2, 0.25) is 10.0 Å². The summed E-state index contributed by atoms with van der Waals surface area (Å²) in [5.41, 5.74) is 0.936. The highest BCUT2D eigenvalue weighted by Crippen LogP contribution is 2.10. The molecule has 1 heterocycles. The molecule has 0 unspecified atom stereocenters. The summed E-state index contributed by atoms with van der Waals surface area (Å²) >= 11 is 11.6. The smallest absolute Gasteiger partial charge is 0.269 e. The first-order valence-electron chi connectivity index (χ1n) is 5.86. The zero-order valence-corrected chi connectivity index (χ0v) is 12.2. The molecule has 2 aromatic rings. The van der Waals surface area contributed by atoms with E-state index < -0.39 is 0 Å². The molecule has 20 heavy (non-hydrogen) atoms. The minimum absolute atomic E-state index is 0.0200. The van der Waals surface area contributed by atoms with Crippen LogP contribution >= 0.6 is 23.2 Å². The molecule has 0 saturated carbocycles. The van der Waals surface area contributed by atoms with E-state index in [9.17, 15) is 9.59 Å². The van der Waals surface area contributed by atoms with E-state index >= 15 is 0 Å². The second kappa shape index (κ2) is 6.11. The number of pyridine rings is 1. The van der Waals surface area contributed by atoms with E-state index in [1.165, 1.54) is 16.8 Å². The van der Waals surface area contributed by atoms with Gasteiger partial charge < -0.3 is 9.88 Å². The molecule has 0 aliphatic rings. The third kappa shape index (κ3) is 3.40. The Bertz CT molecular complexity index is 667. The number of nitrogens with zero attached hydrogens (tertiary/aromatic N) is 1. The fraction of sp³-hybridized carbons (Fsp3) is 0.143. The number of rotatable bonds is 3. The monoisotopic (exact) mass is 310 g/mol. The van der Waals surface area contributed by atoms with Gasteiger partial charge in [-0.25, -0.2) is 0 Å². The summed E-state index contributed by atoms with van der Waals surface area (Å²) in [5, 5.41) is 3.42. The topological polar surface area (TPSA) is 51.1 Å². The lowest BCUT2D eigenvalue weighted by Gasteiger charge is -2.07. The number of hydrogen-bond acceptors (Lipinski definition) is 2. The Hall–Kier alpha value is -1.78. The number of amides is 1. The first-order valence-corrected chi connectivity index (χ1v) is 6.62. The van der Waals surface area contributed by atoms with Crippen molar-refractivity contribution in [3.8, 4) is 0 Å². The van der Waals surface area contributed by atoms with Crippen molar-refractivity contribution in [2.75, 3.05) is 0 Å². The van der Waals surface area contributed by atoms with Gasteiger partial charge in [-0.3, -0.25) is 9.59 Å². The van der Waals surface area contributed by atoms with E-state index in [2.05, 4.69) is 5.32 Å². The fourth-order valence-corrected chi connectivity index (χ4v) is 2.06. The van der Waals surface area contributed by atoms with Gasteiger partial charge in [0.05, 0.1) is 5.56 Å². The van der Waals surface area contributed by atoms with Gasteiger partial charge in [-0.2, -0.15) is 0 Å². The highest BCUT2D eigenvalue weighted by atomic mass is 35.5. The van der Waals surface area contributed by atoms with Crippen LogP contribution in [0.3, 0.4) is 0 Å². The van der Waals surface area contributed by atoms with Gasteiger partial charge in [0.25, 0.3) is 11.5 Å². The van der Waals surface area contributed by atoms with Crippen LogP contribution < -0.4 is 10.9 Å². The minimum atomic E-state index is -0.332. The third-order valence-corrected chi connectivity index (χ3v) is 3.29. The van der Waals surface area contributed by atoms with Crippen molar-refractivity contribution in [3.63, 3.8) is 0 Å². The molecule has 1 aromatic heterocycles. The molecule has 2 rings (SSSR count). The Morgan fingerprint density at radius 2 is 1.90 bits per heavy atom. The molecular formula is C14H12Cl2N2O2. The molecule has 6 heteroatoms. The molecule has 0 radical (unpaired) electrons. The Kier molecular flexibility index (Phi) is 4.47. The second-order valence-electron chi connectivity index (χ2n) is 4.30. The molecule has 0 aliphatic carbocycles. The number of halogens is 2. The molecule has 0 fully saturated rings. The molecular weight excluding hydrogens is 299 g/mol. The summed E-state index contributed by atoms with van der Waals surface area (Å²) < 4.78 is 1.28. The van der Waals surface area contributed by atoms with E-state index in [0.29, 0.717) is 17.1 Å². The van der Waals surface area contributed by atoms with Gasteiger partial charge in [0, 0.05) is 24.8 Å². The van der Waals surface area contributed by atoms with Gasteiger partial charge in [0.15, 0.2) is 0 Å². The number of aromatic nitrogens is 1. The quantitative estimate of drug-likeness (QED) is 0.947. The normalized spacial score (nSPS) is 10.3. The molecule has 1 N–H and O–H groups in total. The van der Waals surface area contributed by atoms with Crippen LogP contribution in [0.15, 0.2) is 41.3 Å². The van der Waals surface area contributed by atoms with E-state index in [0.717, 1.165) is 5.56 Å². The number of aryl methyl sites for hydroxylation is 1. The Morgan fingerprint density at radius 1 is 1.25 bits per heavy atom. The van der Waals surface area contributed by atoms with Crippen molar-refractivity contribution >= 4 is 29.1 Å². The van der Waals surface area contributed by atoms with Crippen LogP contribution in [-0.2, 0) is 13.6 Å². The molecule has 0 bridgehead atoms. The van der Waals surface area contributed by atoms with Gasteiger partial charge in [0.2, 0.25) is 0 Å². The Morgan fingerprint density at radius 3 is 2.50 bits per heavy atom. The molecule has 0 atom stereocenters. The fourth-order valence-electron chi connectivity index (χ4n) is 1.68. The van der Waals surface area contributed by atoms with Crippen LogP contribution in [0, 0.1) is 0 Å². The number of benzene rings is 1. The Labute approximate surface area is 125 Å². The van der Waals surface area contributed by atoms with Gasteiger partial charge >= 0.3 is 0 Å². The zero-order chi connectivity index (χ0) is 14.7. The first-order chi connectivity index (χ1) is 9.47. The number of carbonyl (C=O) groups is 1. The van der Waals surface area contributed by atoms with E-state index in [4.69, 9.17) is 23.2 Å². The maximum Gasteiger partial charge on any atom is 0.269 e. The third-order valence-electron chi connectivity index (χ3n) is 2.77. The SMILES string of the molecule is Cn1cc(C(=O)NCc2ccc(Cl)cc2)cc(Cl)c1=O. The summed E-state index contributed by atoms with van der Waals surface area (Å²) in [6.45, 7) is 0.371. The summed E-state index contributed by atoms with van der Waals surface area (Å²) in [6, 6.07) is 8.53. The maximum absolute atomic E-state index is 12.0. The zero-order valence-electron chi connectivity index (χ0n) is 10.7. The molecule has 1 aromatic carbocycles. The summed E-state index contributed by atoms with van der Waals surface area (Å²) in [4.78, 5) is 23.4. The van der Waals surface area contributed by atoms with Crippen molar-refractivity contribution in [2.24, 2.45) is 7.05 Å². The molecule has 0 aliphatic heterocycles. The van der Waals surface area contributed by atoms with Crippen LogP contribution in [0.4, 0.5) is 0 Å². The average Bonchev–Trinajstić information content (AvgIpc) is 2.43. The van der Waals surface area contributed by atoms with E-state index in [1.54, 1.807) is 19.2 Å². The standard InChI is InChI=1S/C14H12Cl2N2O2/c1-18-8-10(6-12(16)14(18)20)13(19)17-7-9-2-4-11(15)5-3-9/h2-6,8H,7H2,1H3,(H,17,19). The van der Waals surface area contributed by atoms with Gasteiger partial charge in [-0.15, -0.1) is 0 Å². The van der Waals surface area contributed by atoms with Gasteiger partial charge in [-0.05, 0) is 23.8 Å². The van der Waals surface area contributed by atoms with Gasteiger partial charge in [-0.1, -0.05) is 35.3 Å². The molecule has 0 saturated heterocycles. The summed E-state index contributed by atoms with van der Waals surface area (Å²) in [7, 11) is 1.55. The van der Waals surface area contributed by atoms with Crippen molar-refractivity contribution < 1.29 is 4.79 Å². The lowest BCUT2D eigenvalue weighted by atomic mass is 10.2. The van der Waals surface area contributed by atoms with Crippen molar-refractivity contribution in [1.29, 1.82) is 0 Å². The summed E-state index contributed by atoms with van der Waals surface area (Å²) in [6.07, 6.45) is 1.45. The van der Waals surface area contributed by atoms with Crippen molar-refractivity contribution in [3.05, 3.63) is 68.1 Å². The maximum atomic E-state index is 12.0. The number of carbonyl (C=O) groups excluding carboxylic acids is 1. The lowest BCUT2D eigenvalue weighted by molar-refractivity contribution is 0.0950. The van der Waals surface area contributed by atoms with Crippen LogP contribution in [-0.4, -0.2) is 10.5 Å². The highest BCUT2D eigenvalue weighted by Gasteiger charge is 2.09. The van der Waals surface area contributed by atoms with E-state index in [1.807, 2.05) is 12.1 Å². The van der Waals surface area contributed by atoms with E-state index in [-0.39, 0.29) is 16.5 Å². The first kappa shape index (κ1) is 14.6. The molecule has 0 spiro atoms. The molecule has 1 amide bonds. The number of hydrogen-bond donors (Lipinski definition) is 1.